The van der Waals surface area contributed by atoms with Gasteiger partial charge >= 0.3 is 5.97 Å². The molecule has 0 spiro atoms. The predicted octanol–water partition coefficient (Wildman–Crippen LogP) is 5.74. The Morgan fingerprint density at radius 1 is 0.947 bits per heavy atom. The fourth-order valence-corrected chi connectivity index (χ4v) is 5.81. The summed E-state index contributed by atoms with van der Waals surface area (Å²) in [5.41, 5.74) is 4.30. The lowest BCUT2D eigenvalue weighted by atomic mass is 9.89. The van der Waals surface area contributed by atoms with Crippen molar-refractivity contribution in [3.63, 3.8) is 0 Å². The molecule has 1 N–H and O–H groups in total. The molecule has 9 heteroatoms. The van der Waals surface area contributed by atoms with Gasteiger partial charge in [0.25, 0.3) is 5.79 Å². The number of aromatic nitrogens is 2. The summed E-state index contributed by atoms with van der Waals surface area (Å²) in [6, 6.07) is 26.0. The van der Waals surface area contributed by atoms with Gasteiger partial charge in [-0.1, -0.05) is 36.4 Å². The Hall–Kier alpha value is -4.05. The number of cyclic esters (lactones) is 1. The maximum absolute atomic E-state index is 13.3. The van der Waals surface area contributed by atoms with E-state index in [9.17, 15) is 9.90 Å². The van der Waals surface area contributed by atoms with Crippen LogP contribution >= 0.6 is 23.1 Å². The summed E-state index contributed by atoms with van der Waals surface area (Å²) in [5.74, 6) is -1.91. The molecule has 1 unspecified atom stereocenters. The Bertz CT molecular complexity index is 1640. The van der Waals surface area contributed by atoms with Crippen molar-refractivity contribution in [2.24, 2.45) is 0 Å². The van der Waals surface area contributed by atoms with Crippen molar-refractivity contribution in [3.8, 4) is 10.8 Å². The van der Waals surface area contributed by atoms with E-state index in [-0.39, 0.29) is 0 Å². The number of methoxy groups -OCH3 is 1. The highest BCUT2D eigenvalue weighted by atomic mass is 32.1. The zero-order valence-corrected chi connectivity index (χ0v) is 21.9. The lowest BCUT2D eigenvalue weighted by molar-refractivity contribution is -0.185. The van der Waals surface area contributed by atoms with Gasteiger partial charge in [0.05, 0.1) is 24.4 Å². The van der Waals surface area contributed by atoms with Crippen molar-refractivity contribution < 1.29 is 24.1 Å². The number of esters is 1. The first-order valence-corrected chi connectivity index (χ1v) is 13.4. The first-order valence-electron chi connectivity index (χ1n) is 11.9. The summed E-state index contributed by atoms with van der Waals surface area (Å²) in [7, 11) is 1.61. The lowest BCUT2D eigenvalue weighted by Gasteiger charge is -2.25. The van der Waals surface area contributed by atoms with Crippen molar-refractivity contribution in [3.05, 3.63) is 112 Å². The third-order valence-electron chi connectivity index (χ3n) is 6.38. The largest absolute Gasteiger partial charge is 0.489 e. The molecule has 3 heterocycles. The SMILES string of the molecule is COc1ccc(CC2=C(c3ccc4nsnc4c3)C(=O)OC2(O)c2ccc(OCc3ccccc3)cc2)s1. The Labute approximate surface area is 226 Å². The number of fused-ring (bicyclic) bond motifs is 1. The zero-order chi connectivity index (χ0) is 26.1. The number of nitrogens with zero attached hydrogens (tertiary/aromatic N) is 2. The maximum atomic E-state index is 13.3. The Morgan fingerprint density at radius 3 is 2.50 bits per heavy atom. The average molecular weight is 543 g/mol. The standard InChI is InChI=1S/C29H22N2O5S2/c1-34-26-14-12-22(37-26)16-23-27(19-7-13-24-25(15-19)31-38-30-24)28(32)36-29(23,33)20-8-10-21(11-9-20)35-17-18-5-3-2-4-6-18/h2-15,33H,16-17H2,1H3. The van der Waals surface area contributed by atoms with E-state index in [4.69, 9.17) is 14.2 Å². The fourth-order valence-electron chi connectivity index (χ4n) is 4.47. The molecular weight excluding hydrogens is 520 g/mol. The highest BCUT2D eigenvalue weighted by molar-refractivity contribution is 7.13. The van der Waals surface area contributed by atoms with Gasteiger partial charge in [-0.3, -0.25) is 0 Å². The number of rotatable bonds is 8. The van der Waals surface area contributed by atoms with Gasteiger partial charge in [0.15, 0.2) is 5.06 Å². The van der Waals surface area contributed by atoms with Crippen LogP contribution < -0.4 is 9.47 Å². The van der Waals surface area contributed by atoms with Crippen LogP contribution in [0.3, 0.4) is 0 Å². The third-order valence-corrected chi connectivity index (χ3v) is 7.98. The summed E-state index contributed by atoms with van der Waals surface area (Å²) >= 11 is 2.56. The van der Waals surface area contributed by atoms with E-state index in [1.807, 2.05) is 54.6 Å². The van der Waals surface area contributed by atoms with Gasteiger partial charge in [-0.15, -0.1) is 11.3 Å². The Balaban J connectivity index is 1.37. The Morgan fingerprint density at radius 2 is 1.74 bits per heavy atom. The quantitative estimate of drug-likeness (QED) is 0.250. The van der Waals surface area contributed by atoms with Gasteiger partial charge in [0.1, 0.15) is 23.4 Å². The van der Waals surface area contributed by atoms with E-state index in [0.29, 0.717) is 46.6 Å². The molecule has 3 aromatic carbocycles. The van der Waals surface area contributed by atoms with Crippen LogP contribution in [-0.4, -0.2) is 26.9 Å². The maximum Gasteiger partial charge on any atom is 0.342 e. The number of aliphatic hydroxyl groups is 1. The normalized spacial score (nSPS) is 17.2. The molecule has 2 aromatic heterocycles. The summed E-state index contributed by atoms with van der Waals surface area (Å²) < 4.78 is 25.5. The Kier molecular flexibility index (Phi) is 6.40. The minimum atomic E-state index is -1.95. The second-order valence-corrected chi connectivity index (χ2v) is 10.4. The van der Waals surface area contributed by atoms with Crippen molar-refractivity contribution in [1.82, 2.24) is 8.75 Å². The van der Waals surface area contributed by atoms with Gasteiger partial charge in [-0.25, -0.2) is 4.79 Å². The molecule has 190 valence electrons. The lowest BCUT2D eigenvalue weighted by Crippen LogP contribution is -2.29. The number of thiophene rings is 1. The van der Waals surface area contributed by atoms with Gasteiger partial charge in [-0.05, 0) is 59.7 Å². The van der Waals surface area contributed by atoms with Gasteiger partial charge in [-0.2, -0.15) is 8.75 Å². The molecule has 7 nitrogen and oxygen atoms in total. The minimum Gasteiger partial charge on any atom is -0.489 e. The number of carbonyl (C=O) groups excluding carboxylic acids is 1. The number of ether oxygens (including phenoxy) is 3. The molecule has 5 aromatic rings. The van der Waals surface area contributed by atoms with Crippen LogP contribution in [-0.2, 0) is 28.3 Å². The molecule has 0 saturated heterocycles. The smallest absolute Gasteiger partial charge is 0.342 e. The first kappa shape index (κ1) is 24.3. The molecule has 0 saturated carbocycles. The summed E-state index contributed by atoms with van der Waals surface area (Å²) in [5, 5.41) is 12.7. The van der Waals surface area contributed by atoms with Crippen molar-refractivity contribution in [2.45, 2.75) is 18.8 Å². The topological polar surface area (TPSA) is 90.8 Å². The van der Waals surface area contributed by atoms with Crippen molar-refractivity contribution >= 4 is 45.6 Å². The second kappa shape index (κ2) is 10.0. The van der Waals surface area contributed by atoms with E-state index < -0.39 is 11.8 Å². The van der Waals surface area contributed by atoms with Crippen LogP contribution in [0, 0.1) is 0 Å². The van der Waals surface area contributed by atoms with Crippen molar-refractivity contribution in [1.29, 1.82) is 0 Å². The van der Waals surface area contributed by atoms with E-state index >= 15 is 0 Å². The number of hydrogen-bond donors (Lipinski definition) is 1. The molecule has 1 aliphatic heterocycles. The predicted molar refractivity (Wildman–Crippen MR) is 146 cm³/mol. The molecule has 1 atom stereocenters. The van der Waals surface area contributed by atoms with Crippen LogP contribution in [0.1, 0.15) is 21.6 Å². The zero-order valence-electron chi connectivity index (χ0n) is 20.3. The van der Waals surface area contributed by atoms with E-state index in [0.717, 1.165) is 32.7 Å². The highest BCUT2D eigenvalue weighted by Crippen LogP contribution is 2.46. The minimum absolute atomic E-state index is 0.297. The summed E-state index contributed by atoms with van der Waals surface area (Å²) in [6.45, 7) is 0.420. The van der Waals surface area contributed by atoms with Gasteiger partial charge in [0, 0.05) is 22.4 Å². The summed E-state index contributed by atoms with van der Waals surface area (Å²) in [4.78, 5) is 14.2. The fraction of sp³-hybridized carbons (Fsp3) is 0.138. The van der Waals surface area contributed by atoms with E-state index in [1.165, 1.54) is 11.3 Å². The molecule has 38 heavy (non-hydrogen) atoms. The molecule has 0 bridgehead atoms. The van der Waals surface area contributed by atoms with Crippen LogP contribution in [0.2, 0.25) is 0 Å². The molecular formula is C29H22N2O5S2. The first-order chi connectivity index (χ1) is 18.5. The third kappa shape index (κ3) is 4.56. The average Bonchev–Trinajstić information content (AvgIpc) is 3.66. The molecule has 6 rings (SSSR count). The highest BCUT2D eigenvalue weighted by Gasteiger charge is 2.48. The van der Waals surface area contributed by atoms with E-state index in [1.54, 1.807) is 37.4 Å². The summed E-state index contributed by atoms with van der Waals surface area (Å²) in [6.07, 6.45) is 0.297. The number of benzene rings is 3. The molecule has 0 amide bonds. The second-order valence-electron chi connectivity index (χ2n) is 8.76. The van der Waals surface area contributed by atoms with Crippen LogP contribution in [0.15, 0.2) is 90.5 Å². The monoisotopic (exact) mass is 542 g/mol. The van der Waals surface area contributed by atoms with Crippen LogP contribution in [0.4, 0.5) is 0 Å². The molecule has 0 aliphatic carbocycles. The van der Waals surface area contributed by atoms with Crippen LogP contribution in [0.25, 0.3) is 16.6 Å². The number of carbonyl (C=O) groups is 1. The number of hydrogen-bond acceptors (Lipinski definition) is 9. The van der Waals surface area contributed by atoms with Crippen LogP contribution in [0.5, 0.6) is 10.8 Å². The molecule has 1 aliphatic rings. The molecule has 0 fully saturated rings. The van der Waals surface area contributed by atoms with Crippen molar-refractivity contribution in [2.75, 3.05) is 7.11 Å². The van der Waals surface area contributed by atoms with Gasteiger partial charge in [0.2, 0.25) is 0 Å². The molecule has 0 radical (unpaired) electrons. The van der Waals surface area contributed by atoms with Gasteiger partial charge < -0.3 is 19.3 Å². The van der Waals surface area contributed by atoms with E-state index in [2.05, 4.69) is 8.75 Å².